The van der Waals surface area contributed by atoms with Crippen LogP contribution in [0, 0.1) is 6.92 Å². The molecule has 1 aliphatic rings. The van der Waals surface area contributed by atoms with Crippen molar-refractivity contribution in [3.8, 4) is 11.4 Å². The molecule has 2 heterocycles. The third kappa shape index (κ3) is 2.74. The first kappa shape index (κ1) is 16.7. The molecule has 3 aromatic rings. The number of amides is 1. The van der Waals surface area contributed by atoms with Crippen LogP contribution in [0.5, 0.6) is 5.75 Å². The van der Waals surface area contributed by atoms with Crippen molar-refractivity contribution in [1.82, 2.24) is 9.78 Å². The van der Waals surface area contributed by atoms with Crippen molar-refractivity contribution in [1.29, 1.82) is 0 Å². The van der Waals surface area contributed by atoms with Gasteiger partial charge in [0.15, 0.2) is 0 Å². The number of benzene rings is 2. The van der Waals surface area contributed by atoms with Gasteiger partial charge in [0.05, 0.1) is 19.0 Å². The second-order valence-corrected chi connectivity index (χ2v) is 6.73. The van der Waals surface area contributed by atoms with E-state index in [0.29, 0.717) is 17.3 Å². The molecule has 1 atom stereocenters. The number of rotatable bonds is 3. The molecule has 0 spiro atoms. The van der Waals surface area contributed by atoms with Crippen LogP contribution in [0.15, 0.2) is 48.7 Å². The largest absolute Gasteiger partial charge is 0.497 e. The second kappa shape index (κ2) is 6.50. The third-order valence-electron chi connectivity index (χ3n) is 4.81. The van der Waals surface area contributed by atoms with E-state index in [1.807, 2.05) is 55.6 Å². The smallest absolute Gasteiger partial charge is 0.226 e. The van der Waals surface area contributed by atoms with Gasteiger partial charge in [-0.15, -0.1) is 0 Å². The number of hydrogen-bond acceptors (Lipinski definition) is 3. The van der Waals surface area contributed by atoms with Crippen LogP contribution in [-0.4, -0.2) is 22.8 Å². The van der Waals surface area contributed by atoms with Gasteiger partial charge < -0.3 is 10.1 Å². The molecule has 1 amide bonds. The first-order valence-corrected chi connectivity index (χ1v) is 8.73. The van der Waals surface area contributed by atoms with Gasteiger partial charge in [0.1, 0.15) is 11.6 Å². The third-order valence-corrected chi connectivity index (χ3v) is 5.22. The Morgan fingerprint density at radius 3 is 2.73 bits per heavy atom. The number of halogens is 1. The number of methoxy groups -OCH3 is 1. The van der Waals surface area contributed by atoms with Crippen molar-refractivity contribution in [2.24, 2.45) is 0 Å². The van der Waals surface area contributed by atoms with Crippen LogP contribution in [0.1, 0.15) is 29.0 Å². The number of fused-ring (bicyclic) bond motifs is 1. The minimum Gasteiger partial charge on any atom is -0.497 e. The standard InChI is InChI=1S/C20H18ClN3O2/c1-12-17(21)4-3-5-18(12)24-20-16(11-22-24)15(10-19(25)23-20)13-6-8-14(26-2)9-7-13/h3-9,11,15H,10H2,1-2H3,(H,23,25)/t15-/m1/s1. The van der Waals surface area contributed by atoms with Crippen LogP contribution < -0.4 is 10.1 Å². The fourth-order valence-electron chi connectivity index (χ4n) is 3.36. The highest BCUT2D eigenvalue weighted by molar-refractivity contribution is 6.31. The number of aromatic nitrogens is 2. The van der Waals surface area contributed by atoms with Crippen LogP contribution in [0.2, 0.25) is 5.02 Å². The number of nitrogens with zero attached hydrogens (tertiary/aromatic N) is 2. The molecule has 5 nitrogen and oxygen atoms in total. The maximum atomic E-state index is 12.4. The molecule has 26 heavy (non-hydrogen) atoms. The predicted molar refractivity (Wildman–Crippen MR) is 101 cm³/mol. The maximum absolute atomic E-state index is 12.4. The minimum absolute atomic E-state index is 0.0280. The van der Waals surface area contributed by atoms with E-state index in [1.165, 1.54) is 0 Å². The molecule has 0 saturated heterocycles. The number of carbonyl (C=O) groups excluding carboxylic acids is 1. The molecule has 1 aromatic heterocycles. The second-order valence-electron chi connectivity index (χ2n) is 6.32. The van der Waals surface area contributed by atoms with E-state index in [2.05, 4.69) is 10.4 Å². The van der Waals surface area contributed by atoms with Gasteiger partial charge in [-0.05, 0) is 42.3 Å². The topological polar surface area (TPSA) is 56.1 Å². The Morgan fingerprint density at radius 2 is 2.00 bits per heavy atom. The van der Waals surface area contributed by atoms with E-state index in [1.54, 1.807) is 11.8 Å². The summed E-state index contributed by atoms with van der Waals surface area (Å²) in [7, 11) is 1.64. The summed E-state index contributed by atoms with van der Waals surface area (Å²) >= 11 is 6.26. The predicted octanol–water partition coefficient (Wildman–Crippen LogP) is 4.32. The molecule has 0 aliphatic carbocycles. The Bertz CT molecular complexity index is 979. The number of nitrogens with one attached hydrogen (secondary N) is 1. The summed E-state index contributed by atoms with van der Waals surface area (Å²) in [6.07, 6.45) is 2.21. The van der Waals surface area contributed by atoms with E-state index in [-0.39, 0.29) is 11.8 Å². The molecule has 1 aliphatic heterocycles. The summed E-state index contributed by atoms with van der Waals surface area (Å²) in [6.45, 7) is 1.94. The summed E-state index contributed by atoms with van der Waals surface area (Å²) in [5, 5.41) is 8.17. The molecular formula is C20H18ClN3O2. The fourth-order valence-corrected chi connectivity index (χ4v) is 3.53. The Balaban J connectivity index is 1.81. The van der Waals surface area contributed by atoms with Crippen LogP contribution in [-0.2, 0) is 4.79 Å². The summed E-state index contributed by atoms with van der Waals surface area (Å²) < 4.78 is 6.98. The van der Waals surface area contributed by atoms with Gasteiger partial charge in [-0.1, -0.05) is 29.8 Å². The quantitative estimate of drug-likeness (QED) is 0.750. The average molecular weight is 368 g/mol. The van der Waals surface area contributed by atoms with Gasteiger partial charge in [-0.2, -0.15) is 5.10 Å². The highest BCUT2D eigenvalue weighted by atomic mass is 35.5. The SMILES string of the molecule is COc1ccc([C@H]2CC(=O)Nc3c2cnn3-c2cccc(Cl)c2C)cc1. The van der Waals surface area contributed by atoms with Gasteiger partial charge in [0.2, 0.25) is 5.91 Å². The number of hydrogen-bond donors (Lipinski definition) is 1. The summed E-state index contributed by atoms with van der Waals surface area (Å²) in [5.41, 5.74) is 3.83. The van der Waals surface area contributed by atoms with Gasteiger partial charge >= 0.3 is 0 Å². The van der Waals surface area contributed by atoms with Gasteiger partial charge in [-0.25, -0.2) is 4.68 Å². The van der Waals surface area contributed by atoms with E-state index < -0.39 is 0 Å². The van der Waals surface area contributed by atoms with Gasteiger partial charge in [-0.3, -0.25) is 4.79 Å². The number of ether oxygens (including phenoxy) is 1. The van der Waals surface area contributed by atoms with Crippen LogP contribution >= 0.6 is 11.6 Å². The van der Waals surface area contributed by atoms with Crippen LogP contribution in [0.3, 0.4) is 0 Å². The van der Waals surface area contributed by atoms with Crippen molar-refractivity contribution in [2.45, 2.75) is 19.3 Å². The number of carbonyl (C=O) groups is 1. The van der Waals surface area contributed by atoms with E-state index >= 15 is 0 Å². The first-order valence-electron chi connectivity index (χ1n) is 8.35. The lowest BCUT2D eigenvalue weighted by molar-refractivity contribution is -0.116. The maximum Gasteiger partial charge on any atom is 0.226 e. The Kier molecular flexibility index (Phi) is 4.17. The zero-order chi connectivity index (χ0) is 18.3. The van der Waals surface area contributed by atoms with Crippen molar-refractivity contribution in [3.63, 3.8) is 0 Å². The molecular weight excluding hydrogens is 350 g/mol. The Labute approximate surface area is 156 Å². The van der Waals surface area contributed by atoms with Crippen molar-refractivity contribution in [2.75, 3.05) is 12.4 Å². The lowest BCUT2D eigenvalue weighted by Crippen LogP contribution is -2.24. The zero-order valence-electron chi connectivity index (χ0n) is 14.5. The Hall–Kier alpha value is -2.79. The lowest BCUT2D eigenvalue weighted by atomic mass is 9.87. The molecule has 1 N–H and O–H groups in total. The number of anilines is 1. The van der Waals surface area contributed by atoms with Crippen molar-refractivity contribution in [3.05, 3.63) is 70.4 Å². The molecule has 6 heteroatoms. The fraction of sp³-hybridized carbons (Fsp3) is 0.200. The van der Waals surface area contributed by atoms with Crippen molar-refractivity contribution < 1.29 is 9.53 Å². The summed E-state index contributed by atoms with van der Waals surface area (Å²) in [5.74, 6) is 1.42. The highest BCUT2D eigenvalue weighted by Crippen LogP contribution is 2.39. The average Bonchev–Trinajstić information content (AvgIpc) is 3.07. The van der Waals surface area contributed by atoms with Gasteiger partial charge in [0.25, 0.3) is 0 Å². The van der Waals surface area contributed by atoms with E-state index in [4.69, 9.17) is 16.3 Å². The van der Waals surface area contributed by atoms with E-state index in [9.17, 15) is 4.79 Å². The highest BCUT2D eigenvalue weighted by Gasteiger charge is 2.30. The summed E-state index contributed by atoms with van der Waals surface area (Å²) in [4.78, 5) is 12.4. The van der Waals surface area contributed by atoms with E-state index in [0.717, 1.165) is 28.1 Å². The Morgan fingerprint density at radius 1 is 1.23 bits per heavy atom. The molecule has 132 valence electrons. The van der Waals surface area contributed by atoms with Crippen LogP contribution in [0.4, 0.5) is 5.82 Å². The molecule has 0 unspecified atom stereocenters. The lowest BCUT2D eigenvalue weighted by Gasteiger charge is -2.24. The monoisotopic (exact) mass is 367 g/mol. The summed E-state index contributed by atoms with van der Waals surface area (Å²) in [6, 6.07) is 13.5. The minimum atomic E-state index is -0.0436. The molecule has 0 fully saturated rings. The van der Waals surface area contributed by atoms with Gasteiger partial charge in [0, 0.05) is 22.9 Å². The first-order chi connectivity index (χ1) is 12.6. The molecule has 0 radical (unpaired) electrons. The molecule has 0 bridgehead atoms. The normalized spacial score (nSPS) is 16.1. The molecule has 0 saturated carbocycles. The molecule has 4 rings (SSSR count). The van der Waals surface area contributed by atoms with Crippen LogP contribution in [0.25, 0.3) is 5.69 Å². The molecule has 2 aromatic carbocycles. The zero-order valence-corrected chi connectivity index (χ0v) is 15.2. The van der Waals surface area contributed by atoms with Crippen molar-refractivity contribution >= 4 is 23.3 Å².